The summed E-state index contributed by atoms with van der Waals surface area (Å²) in [7, 11) is 0. The van der Waals surface area contributed by atoms with E-state index in [1.807, 2.05) is 32.0 Å². The number of thiophene rings is 1. The van der Waals surface area contributed by atoms with E-state index < -0.39 is 5.97 Å². The number of likely N-dealkylation sites (tertiary alicyclic amines) is 1. The van der Waals surface area contributed by atoms with Crippen molar-refractivity contribution in [3.05, 3.63) is 73.4 Å². The van der Waals surface area contributed by atoms with Crippen molar-refractivity contribution in [1.29, 1.82) is 0 Å². The number of rotatable bonds is 7. The van der Waals surface area contributed by atoms with E-state index in [0.717, 1.165) is 72.5 Å². The van der Waals surface area contributed by atoms with Gasteiger partial charge in [-0.1, -0.05) is 11.6 Å². The van der Waals surface area contributed by atoms with Crippen molar-refractivity contribution in [3.8, 4) is 16.9 Å². The van der Waals surface area contributed by atoms with E-state index in [1.54, 1.807) is 16.0 Å². The molecule has 1 aliphatic carbocycles. The molecule has 2 saturated heterocycles. The molecule has 0 saturated carbocycles. The van der Waals surface area contributed by atoms with Crippen LogP contribution in [0.3, 0.4) is 0 Å². The number of aromatic nitrogens is 3. The van der Waals surface area contributed by atoms with Crippen LogP contribution < -0.4 is 15.6 Å². The predicted molar refractivity (Wildman–Crippen MR) is 172 cm³/mol. The van der Waals surface area contributed by atoms with Crippen molar-refractivity contribution in [2.24, 2.45) is 5.41 Å². The van der Waals surface area contributed by atoms with E-state index in [2.05, 4.69) is 15.2 Å². The first-order chi connectivity index (χ1) is 21.2. The summed E-state index contributed by atoms with van der Waals surface area (Å²) < 4.78 is 8.81. The minimum Gasteiger partial charge on any atom is -0.491 e. The van der Waals surface area contributed by atoms with E-state index in [9.17, 15) is 14.7 Å². The van der Waals surface area contributed by atoms with Gasteiger partial charge in [-0.15, -0.1) is 11.3 Å². The van der Waals surface area contributed by atoms with E-state index in [1.165, 1.54) is 24.2 Å². The number of fused-ring (bicyclic) bond motifs is 2. The first kappa shape index (κ1) is 29.4. The molecule has 0 bridgehead atoms. The first-order valence-electron chi connectivity index (χ1n) is 15.3. The Kier molecular flexibility index (Phi) is 7.73. The number of carboxylic acid groups (broad SMARTS) is 1. The van der Waals surface area contributed by atoms with Gasteiger partial charge in [0.25, 0.3) is 5.56 Å². The molecular formula is C33H36ClN5O4S. The number of aromatic carboxylic acids is 1. The molecule has 0 radical (unpaired) electrons. The molecule has 7 rings (SSSR count). The molecule has 3 aromatic heterocycles. The molecule has 2 aliphatic heterocycles. The Bertz CT molecular complexity index is 1820. The van der Waals surface area contributed by atoms with Crippen LogP contribution in [0.4, 0.5) is 0 Å². The largest absolute Gasteiger partial charge is 0.491 e. The number of hydrogen-bond acceptors (Lipinski definition) is 8. The zero-order valence-electron chi connectivity index (χ0n) is 25.0. The quantitative estimate of drug-likeness (QED) is 0.289. The summed E-state index contributed by atoms with van der Waals surface area (Å²) in [4.78, 5) is 37.5. The van der Waals surface area contributed by atoms with Crippen molar-refractivity contribution in [2.45, 2.75) is 58.5 Å². The predicted octanol–water partition coefficient (Wildman–Crippen LogP) is 5.11. The summed E-state index contributed by atoms with van der Waals surface area (Å²) in [6.45, 7) is 8.84. The molecule has 9 nitrogen and oxygen atoms in total. The van der Waals surface area contributed by atoms with Crippen LogP contribution in [0, 0.1) is 19.3 Å². The van der Waals surface area contributed by atoms with Gasteiger partial charge in [0.05, 0.1) is 28.0 Å². The molecule has 230 valence electrons. The summed E-state index contributed by atoms with van der Waals surface area (Å²) in [5.74, 6) is 0.297. The Morgan fingerprint density at radius 3 is 2.84 bits per heavy atom. The summed E-state index contributed by atoms with van der Waals surface area (Å²) in [5.41, 5.74) is 5.15. The number of ether oxygens (including phenoxy) is 1. The number of piperidine rings is 1. The molecular weight excluding hydrogens is 598 g/mol. The Labute approximate surface area is 264 Å². The highest BCUT2D eigenvalue weighted by atomic mass is 35.5. The van der Waals surface area contributed by atoms with Gasteiger partial charge in [0.1, 0.15) is 18.2 Å². The number of carboxylic acids is 1. The summed E-state index contributed by atoms with van der Waals surface area (Å²) >= 11 is 7.76. The minimum atomic E-state index is -1.01. The second-order valence-electron chi connectivity index (χ2n) is 12.6. The zero-order valence-corrected chi connectivity index (χ0v) is 26.6. The summed E-state index contributed by atoms with van der Waals surface area (Å²) in [6, 6.07) is 7.73. The number of nitrogens with one attached hydrogen (secondary N) is 1. The van der Waals surface area contributed by atoms with Gasteiger partial charge in [0.2, 0.25) is 0 Å². The third-order valence-electron chi connectivity index (χ3n) is 9.53. The van der Waals surface area contributed by atoms with Gasteiger partial charge >= 0.3 is 5.97 Å². The zero-order chi connectivity index (χ0) is 30.6. The van der Waals surface area contributed by atoms with E-state index >= 15 is 0 Å². The molecule has 44 heavy (non-hydrogen) atoms. The van der Waals surface area contributed by atoms with E-state index in [0.29, 0.717) is 45.8 Å². The fourth-order valence-corrected chi connectivity index (χ4v) is 8.52. The van der Waals surface area contributed by atoms with Crippen LogP contribution in [-0.2, 0) is 19.4 Å². The highest BCUT2D eigenvalue weighted by molar-refractivity contribution is 7.18. The van der Waals surface area contributed by atoms with E-state index in [4.69, 9.17) is 21.3 Å². The Morgan fingerprint density at radius 1 is 1.23 bits per heavy atom. The lowest BCUT2D eigenvalue weighted by molar-refractivity contribution is -0.0490. The van der Waals surface area contributed by atoms with Crippen LogP contribution in [0.1, 0.15) is 52.4 Å². The molecule has 0 amide bonds. The normalized spacial score (nSPS) is 19.6. The number of benzene rings is 1. The smallest absolute Gasteiger partial charge is 0.338 e. The lowest BCUT2D eigenvalue weighted by Crippen LogP contribution is -2.65. The van der Waals surface area contributed by atoms with Crippen LogP contribution in [-0.4, -0.2) is 69.3 Å². The highest BCUT2D eigenvalue weighted by Crippen LogP contribution is 2.41. The maximum Gasteiger partial charge on any atom is 0.338 e. The fraction of sp³-hybridized carbons (Fsp3) is 0.455. The lowest BCUT2D eigenvalue weighted by atomic mass is 9.72. The molecule has 2 N–H and O–H groups in total. The molecule has 11 heteroatoms. The Hall–Kier alpha value is -3.31. The third-order valence-corrected chi connectivity index (χ3v) is 10.8. The van der Waals surface area contributed by atoms with Gasteiger partial charge in [0, 0.05) is 63.9 Å². The number of halogens is 1. The highest BCUT2D eigenvalue weighted by Gasteiger charge is 2.46. The third kappa shape index (κ3) is 5.31. The van der Waals surface area contributed by atoms with Crippen LogP contribution in [0.15, 0.2) is 34.4 Å². The molecule has 4 aromatic rings. The number of nitrogens with zero attached hydrogens (tertiary/aromatic N) is 4. The van der Waals surface area contributed by atoms with Crippen molar-refractivity contribution in [1.82, 2.24) is 24.8 Å². The van der Waals surface area contributed by atoms with Crippen LogP contribution in [0.5, 0.6) is 5.75 Å². The maximum absolute atomic E-state index is 13.8. The Morgan fingerprint density at radius 2 is 2.07 bits per heavy atom. The van der Waals surface area contributed by atoms with Crippen molar-refractivity contribution >= 4 is 39.1 Å². The number of aryl methyl sites for hydroxylation is 3. The summed E-state index contributed by atoms with van der Waals surface area (Å²) in [5, 5.41) is 15.4. The second-order valence-corrected chi connectivity index (χ2v) is 13.9. The Balaban J connectivity index is 1.10. The van der Waals surface area contributed by atoms with Gasteiger partial charge in [-0.05, 0) is 76.8 Å². The summed E-state index contributed by atoms with van der Waals surface area (Å²) in [6.07, 6.45) is 5.19. The van der Waals surface area contributed by atoms with E-state index in [-0.39, 0.29) is 17.7 Å². The van der Waals surface area contributed by atoms with Crippen molar-refractivity contribution in [2.75, 3.05) is 32.8 Å². The maximum atomic E-state index is 13.8. The molecule has 1 aromatic carbocycles. The van der Waals surface area contributed by atoms with Crippen LogP contribution in [0.2, 0.25) is 5.02 Å². The average molecular weight is 634 g/mol. The van der Waals surface area contributed by atoms with Gasteiger partial charge < -0.3 is 15.2 Å². The van der Waals surface area contributed by atoms with Crippen molar-refractivity contribution in [3.63, 3.8) is 0 Å². The minimum absolute atomic E-state index is 0.0398. The van der Waals surface area contributed by atoms with Crippen LogP contribution >= 0.6 is 22.9 Å². The molecule has 1 atom stereocenters. The number of hydrogen-bond donors (Lipinski definition) is 2. The van der Waals surface area contributed by atoms with Gasteiger partial charge in [-0.2, -0.15) is 0 Å². The first-order valence-corrected chi connectivity index (χ1v) is 16.6. The lowest BCUT2D eigenvalue weighted by Gasteiger charge is -2.56. The molecule has 3 aliphatic rings. The number of pyridine rings is 1. The average Bonchev–Trinajstić information content (AvgIpc) is 3.42. The van der Waals surface area contributed by atoms with Gasteiger partial charge in [0.15, 0.2) is 0 Å². The number of carbonyl (C=O) groups is 1. The molecule has 0 unspecified atom stereocenters. The molecule has 5 heterocycles. The standard InChI is InChI=1S/C33H36ClN5O4S/c1-19-12-24(30-29(36-19)26(15-44-30)32(41)42)23-13-21(34)4-7-28(23)43-11-10-39-20(2)37-27-6-5-22(14-25(27)31(39)40)38-17-33(18-38)8-3-9-35-16-33/h4,7,12-13,15,22,35H,3,5-6,8-11,14,16-18H2,1-2H3,(H,41,42)/t22-/m1/s1. The van der Waals surface area contributed by atoms with Gasteiger partial charge in [-0.3, -0.25) is 19.2 Å². The molecule has 2 fully saturated rings. The topological polar surface area (TPSA) is 110 Å². The fourth-order valence-electron chi connectivity index (χ4n) is 7.33. The molecule has 1 spiro atoms. The van der Waals surface area contributed by atoms with Gasteiger partial charge in [-0.25, -0.2) is 9.78 Å². The van der Waals surface area contributed by atoms with Crippen molar-refractivity contribution < 1.29 is 14.6 Å². The second kappa shape index (κ2) is 11.6. The SMILES string of the molecule is Cc1cc(-c2cc(Cl)ccc2OCCn2c(C)nc3c(c2=O)C[C@H](N2CC4(CCCNC4)C2)CC3)c2scc(C(=O)O)c2n1. The van der Waals surface area contributed by atoms with Crippen LogP contribution in [0.25, 0.3) is 21.3 Å². The monoisotopic (exact) mass is 633 g/mol.